The predicted molar refractivity (Wildman–Crippen MR) is 59.7 cm³/mol. The first-order chi connectivity index (χ1) is 6.69. The van der Waals surface area contributed by atoms with Crippen LogP contribution in [0.25, 0.3) is 0 Å². The van der Waals surface area contributed by atoms with Crippen LogP contribution in [0, 0.1) is 13.8 Å². The highest BCUT2D eigenvalue weighted by atomic mass is 15.0. The third-order valence-electron chi connectivity index (χ3n) is 2.22. The van der Waals surface area contributed by atoms with Crippen molar-refractivity contribution in [3.8, 4) is 0 Å². The SMILES string of the molecule is CCCNc1nc(C)nc(C)c1CC. The molecule has 1 heterocycles. The lowest BCUT2D eigenvalue weighted by atomic mass is 10.1. The van der Waals surface area contributed by atoms with Gasteiger partial charge in [-0.3, -0.25) is 0 Å². The van der Waals surface area contributed by atoms with Crippen LogP contribution in [0.15, 0.2) is 0 Å². The average Bonchev–Trinajstić information content (AvgIpc) is 2.14. The number of aromatic nitrogens is 2. The lowest BCUT2D eigenvalue weighted by Gasteiger charge is -2.11. The van der Waals surface area contributed by atoms with Gasteiger partial charge in [-0.1, -0.05) is 13.8 Å². The van der Waals surface area contributed by atoms with Crippen LogP contribution in [0.4, 0.5) is 5.82 Å². The number of aryl methyl sites for hydroxylation is 2. The third kappa shape index (κ3) is 2.44. The van der Waals surface area contributed by atoms with Gasteiger partial charge >= 0.3 is 0 Å². The van der Waals surface area contributed by atoms with Gasteiger partial charge < -0.3 is 5.32 Å². The highest BCUT2D eigenvalue weighted by molar-refractivity contribution is 5.46. The molecule has 0 aliphatic carbocycles. The molecule has 3 heteroatoms. The molecule has 1 aromatic rings. The van der Waals surface area contributed by atoms with Gasteiger partial charge in [-0.15, -0.1) is 0 Å². The molecule has 14 heavy (non-hydrogen) atoms. The highest BCUT2D eigenvalue weighted by Gasteiger charge is 2.06. The Morgan fingerprint density at radius 3 is 2.43 bits per heavy atom. The molecule has 3 nitrogen and oxygen atoms in total. The molecule has 0 spiro atoms. The normalized spacial score (nSPS) is 10.3. The number of rotatable bonds is 4. The molecule has 0 unspecified atom stereocenters. The van der Waals surface area contributed by atoms with E-state index in [1.165, 1.54) is 5.56 Å². The number of nitrogens with zero attached hydrogens (tertiary/aromatic N) is 2. The van der Waals surface area contributed by atoms with Gasteiger partial charge in [-0.25, -0.2) is 9.97 Å². The first-order valence-electron chi connectivity index (χ1n) is 5.27. The van der Waals surface area contributed by atoms with Gasteiger partial charge in [0.2, 0.25) is 0 Å². The van der Waals surface area contributed by atoms with E-state index in [1.807, 2.05) is 13.8 Å². The second kappa shape index (κ2) is 4.94. The Kier molecular flexibility index (Phi) is 3.86. The summed E-state index contributed by atoms with van der Waals surface area (Å²) in [4.78, 5) is 8.78. The van der Waals surface area contributed by atoms with E-state index in [4.69, 9.17) is 0 Å². The molecule has 0 saturated carbocycles. The molecule has 0 radical (unpaired) electrons. The molecule has 0 atom stereocenters. The van der Waals surface area contributed by atoms with Crippen molar-refractivity contribution in [2.24, 2.45) is 0 Å². The molecule has 0 aromatic carbocycles. The number of hydrogen-bond acceptors (Lipinski definition) is 3. The van der Waals surface area contributed by atoms with Crippen molar-refractivity contribution in [2.45, 2.75) is 40.5 Å². The first-order valence-corrected chi connectivity index (χ1v) is 5.27. The minimum atomic E-state index is 0.846. The smallest absolute Gasteiger partial charge is 0.133 e. The van der Waals surface area contributed by atoms with E-state index in [9.17, 15) is 0 Å². The third-order valence-corrected chi connectivity index (χ3v) is 2.22. The van der Waals surface area contributed by atoms with E-state index in [0.29, 0.717) is 0 Å². The Morgan fingerprint density at radius 1 is 1.14 bits per heavy atom. The predicted octanol–water partition coefficient (Wildman–Crippen LogP) is 2.48. The zero-order valence-electron chi connectivity index (χ0n) is 9.52. The lowest BCUT2D eigenvalue weighted by molar-refractivity contribution is 0.913. The topological polar surface area (TPSA) is 37.8 Å². The summed E-state index contributed by atoms with van der Waals surface area (Å²) in [5.41, 5.74) is 2.34. The molecule has 0 amide bonds. The fourth-order valence-corrected chi connectivity index (χ4v) is 1.55. The molecule has 0 saturated heterocycles. The van der Waals surface area contributed by atoms with E-state index in [-0.39, 0.29) is 0 Å². The van der Waals surface area contributed by atoms with E-state index >= 15 is 0 Å². The Hall–Kier alpha value is -1.12. The summed E-state index contributed by atoms with van der Waals surface area (Å²) < 4.78 is 0. The van der Waals surface area contributed by atoms with Gasteiger partial charge in [0.25, 0.3) is 0 Å². The van der Waals surface area contributed by atoms with Crippen LogP contribution in [0.3, 0.4) is 0 Å². The second-order valence-electron chi connectivity index (χ2n) is 3.46. The summed E-state index contributed by atoms with van der Waals surface area (Å²) in [6, 6.07) is 0. The molecule has 0 aliphatic rings. The molecule has 1 aromatic heterocycles. The van der Waals surface area contributed by atoms with Gasteiger partial charge in [-0.2, -0.15) is 0 Å². The second-order valence-corrected chi connectivity index (χ2v) is 3.46. The molecule has 1 N–H and O–H groups in total. The molecular formula is C11H19N3. The lowest BCUT2D eigenvalue weighted by Crippen LogP contribution is -2.09. The Balaban J connectivity index is 2.99. The standard InChI is InChI=1S/C11H19N3/c1-5-7-12-11-10(6-2)8(3)13-9(4)14-11/h5-7H2,1-4H3,(H,12,13,14). The summed E-state index contributed by atoms with van der Waals surface area (Å²) in [7, 11) is 0. The van der Waals surface area contributed by atoms with Crippen LogP contribution in [0.5, 0.6) is 0 Å². The Morgan fingerprint density at radius 2 is 1.86 bits per heavy atom. The molecule has 78 valence electrons. The maximum absolute atomic E-state index is 4.42. The van der Waals surface area contributed by atoms with Gasteiger partial charge in [0.1, 0.15) is 11.6 Å². The van der Waals surface area contributed by atoms with Crippen LogP contribution < -0.4 is 5.32 Å². The van der Waals surface area contributed by atoms with Crippen molar-refractivity contribution in [3.05, 3.63) is 17.1 Å². The average molecular weight is 193 g/mol. The summed E-state index contributed by atoms with van der Waals surface area (Å²) in [5.74, 6) is 1.86. The summed E-state index contributed by atoms with van der Waals surface area (Å²) >= 11 is 0. The fraction of sp³-hybridized carbons (Fsp3) is 0.636. The zero-order chi connectivity index (χ0) is 10.6. The van der Waals surface area contributed by atoms with Gasteiger partial charge in [0, 0.05) is 17.8 Å². The maximum atomic E-state index is 4.42. The summed E-state index contributed by atoms with van der Waals surface area (Å²) in [6.07, 6.45) is 2.10. The number of hydrogen-bond donors (Lipinski definition) is 1. The quantitative estimate of drug-likeness (QED) is 0.798. The zero-order valence-corrected chi connectivity index (χ0v) is 9.52. The molecule has 1 rings (SSSR count). The minimum Gasteiger partial charge on any atom is -0.370 e. The van der Waals surface area contributed by atoms with E-state index in [0.717, 1.165) is 36.7 Å². The summed E-state index contributed by atoms with van der Waals surface area (Å²) in [6.45, 7) is 9.24. The largest absolute Gasteiger partial charge is 0.370 e. The van der Waals surface area contributed by atoms with Crippen LogP contribution in [0.1, 0.15) is 37.4 Å². The summed E-state index contributed by atoms with van der Waals surface area (Å²) in [5, 5.41) is 3.34. The van der Waals surface area contributed by atoms with Crippen molar-refractivity contribution in [3.63, 3.8) is 0 Å². The van der Waals surface area contributed by atoms with Crippen molar-refractivity contribution in [1.29, 1.82) is 0 Å². The van der Waals surface area contributed by atoms with Gasteiger partial charge in [0.05, 0.1) is 0 Å². The van der Waals surface area contributed by atoms with Crippen molar-refractivity contribution < 1.29 is 0 Å². The minimum absolute atomic E-state index is 0.846. The van der Waals surface area contributed by atoms with Crippen molar-refractivity contribution in [2.75, 3.05) is 11.9 Å². The van der Waals surface area contributed by atoms with E-state index in [2.05, 4.69) is 29.1 Å². The van der Waals surface area contributed by atoms with Crippen LogP contribution >= 0.6 is 0 Å². The number of anilines is 1. The van der Waals surface area contributed by atoms with Crippen molar-refractivity contribution in [1.82, 2.24) is 9.97 Å². The molecular weight excluding hydrogens is 174 g/mol. The molecule has 0 bridgehead atoms. The molecule has 0 aliphatic heterocycles. The van der Waals surface area contributed by atoms with Gasteiger partial charge in [-0.05, 0) is 26.7 Å². The van der Waals surface area contributed by atoms with E-state index < -0.39 is 0 Å². The monoisotopic (exact) mass is 193 g/mol. The fourth-order valence-electron chi connectivity index (χ4n) is 1.55. The van der Waals surface area contributed by atoms with Crippen LogP contribution in [-0.2, 0) is 6.42 Å². The number of nitrogens with one attached hydrogen (secondary N) is 1. The van der Waals surface area contributed by atoms with Gasteiger partial charge in [0.15, 0.2) is 0 Å². The van der Waals surface area contributed by atoms with Crippen molar-refractivity contribution >= 4 is 5.82 Å². The molecule has 0 fully saturated rings. The van der Waals surface area contributed by atoms with E-state index in [1.54, 1.807) is 0 Å². The first kappa shape index (κ1) is 11.0. The maximum Gasteiger partial charge on any atom is 0.133 e. The Bertz CT molecular complexity index is 308. The van der Waals surface area contributed by atoms with Crippen LogP contribution in [0.2, 0.25) is 0 Å². The van der Waals surface area contributed by atoms with Crippen LogP contribution in [-0.4, -0.2) is 16.5 Å². The highest BCUT2D eigenvalue weighted by Crippen LogP contribution is 2.16. The Labute approximate surface area is 86.0 Å².